The fourth-order valence-corrected chi connectivity index (χ4v) is 3.05. The summed E-state index contributed by atoms with van der Waals surface area (Å²) in [6, 6.07) is 10.1. The van der Waals surface area contributed by atoms with Crippen molar-refractivity contribution in [1.82, 2.24) is 9.78 Å². The SMILES string of the molecule is COc1ccccc1N(CCO)Cc1cc2n(n1)CCCC2. The van der Waals surface area contributed by atoms with Gasteiger partial charge in [0.05, 0.1) is 31.6 Å². The van der Waals surface area contributed by atoms with Crippen LogP contribution in [0.3, 0.4) is 0 Å². The van der Waals surface area contributed by atoms with Gasteiger partial charge in [0.1, 0.15) is 5.75 Å². The highest BCUT2D eigenvalue weighted by Gasteiger charge is 2.16. The molecule has 0 radical (unpaired) electrons. The number of methoxy groups -OCH3 is 1. The van der Waals surface area contributed by atoms with Crippen LogP contribution in [0.1, 0.15) is 24.2 Å². The largest absolute Gasteiger partial charge is 0.495 e. The first-order valence-corrected chi connectivity index (χ1v) is 7.86. The van der Waals surface area contributed by atoms with Gasteiger partial charge >= 0.3 is 0 Å². The topological polar surface area (TPSA) is 50.5 Å². The van der Waals surface area contributed by atoms with Crippen molar-refractivity contribution in [2.75, 3.05) is 25.2 Å². The van der Waals surface area contributed by atoms with Crippen molar-refractivity contribution in [3.63, 3.8) is 0 Å². The highest BCUT2D eigenvalue weighted by atomic mass is 16.5. The molecule has 0 unspecified atom stereocenters. The van der Waals surface area contributed by atoms with Gasteiger partial charge < -0.3 is 14.7 Å². The Labute approximate surface area is 131 Å². The smallest absolute Gasteiger partial charge is 0.142 e. The maximum Gasteiger partial charge on any atom is 0.142 e. The zero-order valence-electron chi connectivity index (χ0n) is 13.0. The first-order valence-electron chi connectivity index (χ1n) is 7.86. The molecule has 0 saturated carbocycles. The minimum absolute atomic E-state index is 0.103. The molecule has 1 aromatic carbocycles. The van der Waals surface area contributed by atoms with Crippen LogP contribution in [0.25, 0.3) is 0 Å². The minimum Gasteiger partial charge on any atom is -0.495 e. The average molecular weight is 301 g/mol. The minimum atomic E-state index is 0.103. The number of aliphatic hydroxyl groups excluding tert-OH is 1. The molecule has 0 spiro atoms. The Bertz CT molecular complexity index is 601. The predicted molar refractivity (Wildman–Crippen MR) is 86.3 cm³/mol. The number of benzene rings is 1. The summed E-state index contributed by atoms with van der Waals surface area (Å²) in [6.45, 7) is 2.36. The molecule has 1 N–H and O–H groups in total. The molecule has 5 nitrogen and oxygen atoms in total. The van der Waals surface area contributed by atoms with Crippen LogP contribution in [-0.2, 0) is 19.5 Å². The van der Waals surface area contributed by atoms with Gasteiger partial charge in [-0.05, 0) is 37.5 Å². The predicted octanol–water partition coefficient (Wildman–Crippen LogP) is 2.23. The number of para-hydroxylation sites is 2. The summed E-state index contributed by atoms with van der Waals surface area (Å²) in [6.07, 6.45) is 3.57. The van der Waals surface area contributed by atoms with Gasteiger partial charge in [-0.15, -0.1) is 0 Å². The lowest BCUT2D eigenvalue weighted by atomic mass is 10.1. The summed E-state index contributed by atoms with van der Waals surface area (Å²) in [5.41, 5.74) is 3.37. The van der Waals surface area contributed by atoms with Crippen molar-refractivity contribution in [3.8, 4) is 5.75 Å². The van der Waals surface area contributed by atoms with Crippen LogP contribution in [0.2, 0.25) is 0 Å². The monoisotopic (exact) mass is 301 g/mol. The quantitative estimate of drug-likeness (QED) is 0.889. The first-order chi connectivity index (χ1) is 10.8. The Morgan fingerprint density at radius 1 is 1.32 bits per heavy atom. The van der Waals surface area contributed by atoms with Crippen molar-refractivity contribution in [2.24, 2.45) is 0 Å². The van der Waals surface area contributed by atoms with Crippen molar-refractivity contribution in [1.29, 1.82) is 0 Å². The molecular formula is C17H23N3O2. The number of anilines is 1. The lowest BCUT2D eigenvalue weighted by molar-refractivity contribution is 0.300. The first kappa shape index (κ1) is 14.9. The van der Waals surface area contributed by atoms with Crippen LogP contribution >= 0.6 is 0 Å². The van der Waals surface area contributed by atoms with Gasteiger partial charge in [0.2, 0.25) is 0 Å². The van der Waals surface area contributed by atoms with Gasteiger partial charge in [0.15, 0.2) is 0 Å². The zero-order chi connectivity index (χ0) is 15.4. The number of hydrogen-bond acceptors (Lipinski definition) is 4. The second-order valence-electron chi connectivity index (χ2n) is 5.62. The molecule has 22 heavy (non-hydrogen) atoms. The molecule has 1 aromatic heterocycles. The number of nitrogens with zero attached hydrogens (tertiary/aromatic N) is 3. The van der Waals surface area contributed by atoms with Crippen LogP contribution in [0.4, 0.5) is 5.69 Å². The van der Waals surface area contributed by atoms with E-state index in [0.29, 0.717) is 13.1 Å². The highest BCUT2D eigenvalue weighted by molar-refractivity contribution is 5.58. The highest BCUT2D eigenvalue weighted by Crippen LogP contribution is 2.29. The Balaban J connectivity index is 1.83. The van der Waals surface area contributed by atoms with E-state index < -0.39 is 0 Å². The van der Waals surface area contributed by atoms with E-state index in [1.54, 1.807) is 7.11 Å². The van der Waals surface area contributed by atoms with E-state index >= 15 is 0 Å². The Hall–Kier alpha value is -2.01. The van der Waals surface area contributed by atoms with E-state index in [2.05, 4.69) is 15.6 Å². The molecular weight excluding hydrogens is 278 g/mol. The van der Waals surface area contributed by atoms with E-state index in [1.807, 2.05) is 24.3 Å². The number of rotatable bonds is 6. The number of aliphatic hydroxyl groups is 1. The average Bonchev–Trinajstić information content (AvgIpc) is 2.96. The second kappa shape index (κ2) is 6.83. The normalized spacial score (nSPS) is 13.7. The Morgan fingerprint density at radius 2 is 2.18 bits per heavy atom. The van der Waals surface area contributed by atoms with Crippen LogP contribution in [-0.4, -0.2) is 35.1 Å². The molecule has 0 aliphatic carbocycles. The summed E-state index contributed by atoms with van der Waals surface area (Å²) in [5, 5.41) is 14.1. The molecule has 0 amide bonds. The van der Waals surface area contributed by atoms with Crippen LogP contribution in [0, 0.1) is 0 Å². The maximum absolute atomic E-state index is 9.39. The van der Waals surface area contributed by atoms with Crippen LogP contribution in [0.15, 0.2) is 30.3 Å². The number of aromatic nitrogens is 2. The molecule has 1 aliphatic rings. The number of ether oxygens (including phenoxy) is 1. The molecule has 3 rings (SSSR count). The third kappa shape index (κ3) is 3.09. The van der Waals surface area contributed by atoms with Crippen molar-refractivity contribution in [3.05, 3.63) is 41.7 Å². The molecule has 5 heteroatoms. The van der Waals surface area contributed by atoms with Crippen molar-refractivity contribution >= 4 is 5.69 Å². The molecule has 2 heterocycles. The van der Waals surface area contributed by atoms with Gasteiger partial charge in [-0.25, -0.2) is 0 Å². The summed E-state index contributed by atoms with van der Waals surface area (Å²) in [4.78, 5) is 2.12. The number of aryl methyl sites for hydroxylation is 2. The molecule has 0 fully saturated rings. The van der Waals surface area contributed by atoms with Crippen LogP contribution < -0.4 is 9.64 Å². The van der Waals surface area contributed by atoms with Gasteiger partial charge in [-0.3, -0.25) is 4.68 Å². The fraction of sp³-hybridized carbons (Fsp3) is 0.471. The van der Waals surface area contributed by atoms with Crippen LogP contribution in [0.5, 0.6) is 5.75 Å². The molecule has 2 aromatic rings. The summed E-state index contributed by atoms with van der Waals surface area (Å²) in [5.74, 6) is 0.819. The summed E-state index contributed by atoms with van der Waals surface area (Å²) < 4.78 is 7.57. The maximum atomic E-state index is 9.39. The Morgan fingerprint density at radius 3 is 2.95 bits per heavy atom. The van der Waals surface area contributed by atoms with E-state index in [0.717, 1.165) is 30.1 Å². The zero-order valence-corrected chi connectivity index (χ0v) is 13.0. The lowest BCUT2D eigenvalue weighted by Gasteiger charge is -2.24. The number of fused-ring (bicyclic) bond motifs is 1. The van der Waals surface area contributed by atoms with E-state index in [9.17, 15) is 5.11 Å². The van der Waals surface area contributed by atoms with E-state index in [1.165, 1.54) is 18.5 Å². The molecule has 0 saturated heterocycles. The Kier molecular flexibility index (Phi) is 4.63. The number of hydrogen-bond donors (Lipinski definition) is 1. The van der Waals surface area contributed by atoms with Crippen molar-refractivity contribution in [2.45, 2.75) is 32.4 Å². The fourth-order valence-electron chi connectivity index (χ4n) is 3.05. The van der Waals surface area contributed by atoms with Gasteiger partial charge in [0.25, 0.3) is 0 Å². The van der Waals surface area contributed by atoms with Gasteiger partial charge in [-0.1, -0.05) is 12.1 Å². The molecule has 0 atom stereocenters. The molecule has 118 valence electrons. The van der Waals surface area contributed by atoms with Gasteiger partial charge in [0, 0.05) is 18.8 Å². The van der Waals surface area contributed by atoms with E-state index in [4.69, 9.17) is 9.84 Å². The lowest BCUT2D eigenvalue weighted by Crippen LogP contribution is -2.26. The second-order valence-corrected chi connectivity index (χ2v) is 5.62. The summed E-state index contributed by atoms with van der Waals surface area (Å²) in [7, 11) is 1.67. The summed E-state index contributed by atoms with van der Waals surface area (Å²) >= 11 is 0. The standard InChI is InChI=1S/C17H23N3O2/c1-22-17-8-3-2-7-16(17)19(10-11-21)13-14-12-15-6-4-5-9-20(15)18-14/h2-3,7-8,12,21H,4-6,9-11,13H2,1H3. The third-order valence-corrected chi connectivity index (χ3v) is 4.12. The van der Waals surface area contributed by atoms with Gasteiger partial charge in [-0.2, -0.15) is 5.10 Å². The van der Waals surface area contributed by atoms with E-state index in [-0.39, 0.29) is 6.61 Å². The van der Waals surface area contributed by atoms with Crippen molar-refractivity contribution < 1.29 is 9.84 Å². The molecule has 0 bridgehead atoms. The molecule has 1 aliphatic heterocycles. The third-order valence-electron chi connectivity index (χ3n) is 4.12.